The number of aryl methyl sites for hydroxylation is 2. The van der Waals surface area contributed by atoms with E-state index in [2.05, 4.69) is 29.2 Å². The molecule has 0 bridgehead atoms. The first-order valence-electron chi connectivity index (χ1n) is 11.4. The molecule has 1 aliphatic heterocycles. The van der Waals surface area contributed by atoms with Crippen LogP contribution in [-0.4, -0.2) is 57.2 Å². The zero-order chi connectivity index (χ0) is 26.0. The third-order valence-electron chi connectivity index (χ3n) is 5.90. The Morgan fingerprint density at radius 2 is 2.14 bits per heavy atom. The molecule has 1 amide bonds. The van der Waals surface area contributed by atoms with Crippen molar-refractivity contribution in [3.63, 3.8) is 0 Å². The molecule has 10 nitrogen and oxygen atoms in total. The van der Waals surface area contributed by atoms with Crippen molar-refractivity contribution in [2.45, 2.75) is 38.6 Å². The monoisotopic (exact) mass is 515 g/mol. The van der Waals surface area contributed by atoms with Crippen molar-refractivity contribution in [2.75, 3.05) is 24.7 Å². The number of rotatable bonds is 8. The number of fused-ring (bicyclic) bond motifs is 1. The Bertz CT molecular complexity index is 1400. The van der Waals surface area contributed by atoms with E-state index in [-0.39, 0.29) is 36.8 Å². The van der Waals surface area contributed by atoms with Gasteiger partial charge in [-0.25, -0.2) is 14.8 Å². The molecule has 0 radical (unpaired) electrons. The second-order valence-electron chi connectivity index (χ2n) is 8.72. The zero-order valence-corrected chi connectivity index (χ0v) is 20.6. The number of thiazole rings is 1. The molecule has 36 heavy (non-hydrogen) atoms. The Morgan fingerprint density at radius 1 is 1.36 bits per heavy atom. The van der Waals surface area contributed by atoms with Crippen molar-refractivity contribution in [1.82, 2.24) is 14.4 Å². The molecule has 3 aromatic rings. The second-order valence-corrected chi connectivity index (χ2v) is 9.66. The maximum atomic E-state index is 14.1. The van der Waals surface area contributed by atoms with Gasteiger partial charge in [-0.3, -0.25) is 14.0 Å². The number of morpholine rings is 1. The van der Waals surface area contributed by atoms with Crippen LogP contribution in [0, 0.1) is 0 Å². The smallest absolute Gasteiger partial charge is 0.364 e. The van der Waals surface area contributed by atoms with Crippen LogP contribution in [0.5, 0.6) is 0 Å². The van der Waals surface area contributed by atoms with Crippen molar-refractivity contribution in [3.05, 3.63) is 61.7 Å². The van der Waals surface area contributed by atoms with Crippen molar-refractivity contribution < 1.29 is 23.8 Å². The lowest BCUT2D eigenvalue weighted by atomic mass is 10.1. The summed E-state index contributed by atoms with van der Waals surface area (Å²) < 4.78 is 20.7. The number of pyridine rings is 1. The number of aromatic nitrogens is 3. The number of carboxylic acids is 1. The van der Waals surface area contributed by atoms with Gasteiger partial charge in [-0.05, 0) is 36.1 Å². The van der Waals surface area contributed by atoms with Gasteiger partial charge in [-0.2, -0.15) is 4.39 Å². The average molecular weight is 516 g/mol. The molecular weight excluding hydrogens is 489 g/mol. The summed E-state index contributed by atoms with van der Waals surface area (Å²) in [7, 11) is 0. The van der Waals surface area contributed by atoms with Gasteiger partial charge in [0.15, 0.2) is 0 Å². The number of aliphatic carboxylic acids is 1. The Balaban J connectivity index is 1.77. The van der Waals surface area contributed by atoms with Gasteiger partial charge in [0.1, 0.15) is 17.5 Å². The Kier molecular flexibility index (Phi) is 7.45. The summed E-state index contributed by atoms with van der Waals surface area (Å²) in [6, 6.07) is 2.55. The number of hydrogen-bond donors (Lipinski definition) is 2. The second kappa shape index (κ2) is 10.5. The number of halogens is 1. The van der Waals surface area contributed by atoms with E-state index < -0.39 is 29.3 Å². The van der Waals surface area contributed by atoms with Gasteiger partial charge in [0.2, 0.25) is 11.7 Å². The molecule has 0 aromatic carbocycles. The van der Waals surface area contributed by atoms with Crippen LogP contribution in [-0.2, 0) is 27.2 Å². The quantitative estimate of drug-likeness (QED) is 0.435. The van der Waals surface area contributed by atoms with Gasteiger partial charge in [-0.15, -0.1) is 11.3 Å². The van der Waals surface area contributed by atoms with Gasteiger partial charge in [0.25, 0.3) is 5.56 Å². The van der Waals surface area contributed by atoms with E-state index in [1.165, 1.54) is 15.5 Å². The summed E-state index contributed by atoms with van der Waals surface area (Å²) in [5.74, 6) is -3.73. The first-order valence-corrected chi connectivity index (χ1v) is 12.3. The molecular formula is C24H26FN5O5S. The first kappa shape index (κ1) is 25.5. The van der Waals surface area contributed by atoms with Gasteiger partial charge in [0, 0.05) is 24.5 Å². The van der Waals surface area contributed by atoms with Gasteiger partial charge < -0.3 is 20.5 Å². The normalized spacial score (nSPS) is 16.6. The highest BCUT2D eigenvalue weighted by Crippen LogP contribution is 2.24. The number of nitrogens with two attached hydrogens (primary N) is 1. The van der Waals surface area contributed by atoms with Crippen LogP contribution in [0.25, 0.3) is 11.7 Å². The molecule has 1 aliphatic rings. The van der Waals surface area contributed by atoms with E-state index in [0.29, 0.717) is 24.8 Å². The minimum absolute atomic E-state index is 0.0258. The average Bonchev–Trinajstić information content (AvgIpc) is 3.33. The number of hydrogen-bond acceptors (Lipinski definition) is 8. The minimum Gasteiger partial charge on any atom is -0.476 e. The number of carbonyl (C=O) groups excluding carboxylic acids is 1. The lowest BCUT2D eigenvalue weighted by molar-refractivity contribution is -0.134. The number of amides is 1. The Hall–Kier alpha value is -3.64. The number of carbonyl (C=O) groups is 2. The molecule has 1 unspecified atom stereocenters. The largest absolute Gasteiger partial charge is 0.476 e. The summed E-state index contributed by atoms with van der Waals surface area (Å²) in [5, 5.41) is 12.1. The molecule has 1 fully saturated rings. The predicted octanol–water partition coefficient (Wildman–Crippen LogP) is 2.15. The van der Waals surface area contributed by atoms with Crippen LogP contribution in [0.2, 0.25) is 0 Å². The van der Waals surface area contributed by atoms with Crippen molar-refractivity contribution in [1.29, 1.82) is 0 Å². The van der Waals surface area contributed by atoms with Crippen LogP contribution < -0.4 is 16.2 Å². The summed E-state index contributed by atoms with van der Waals surface area (Å²) in [6.45, 7) is 4.53. The zero-order valence-electron chi connectivity index (χ0n) is 19.8. The topological polar surface area (TPSA) is 140 Å². The van der Waals surface area contributed by atoms with E-state index >= 15 is 0 Å². The lowest BCUT2D eigenvalue weighted by Crippen LogP contribution is -2.53. The molecule has 190 valence electrons. The lowest BCUT2D eigenvalue weighted by Gasteiger charge is -2.35. The highest BCUT2D eigenvalue weighted by Gasteiger charge is 2.31. The summed E-state index contributed by atoms with van der Waals surface area (Å²) in [4.78, 5) is 47.2. The highest BCUT2D eigenvalue weighted by molar-refractivity contribution is 7.09. The molecule has 1 atom stereocenters. The maximum absolute atomic E-state index is 14.1. The molecule has 0 saturated carbocycles. The highest BCUT2D eigenvalue weighted by atomic mass is 32.1. The van der Waals surface area contributed by atoms with E-state index in [4.69, 9.17) is 15.6 Å². The first-order chi connectivity index (χ1) is 17.2. The van der Waals surface area contributed by atoms with E-state index in [1.807, 2.05) is 0 Å². The van der Waals surface area contributed by atoms with Gasteiger partial charge >= 0.3 is 5.97 Å². The third kappa shape index (κ3) is 5.29. The number of ether oxygens (including phenoxy) is 1. The van der Waals surface area contributed by atoms with Crippen LogP contribution in [0.15, 0.2) is 34.3 Å². The maximum Gasteiger partial charge on any atom is 0.364 e. The van der Waals surface area contributed by atoms with Crippen LogP contribution in [0.1, 0.15) is 41.6 Å². The minimum atomic E-state index is -1.82. The third-order valence-corrected chi connectivity index (χ3v) is 6.83. The molecule has 3 N–H and O–H groups in total. The number of primary amides is 1. The number of anilines is 1. The predicted molar refractivity (Wildman–Crippen MR) is 133 cm³/mol. The van der Waals surface area contributed by atoms with Crippen molar-refractivity contribution in [2.24, 2.45) is 5.73 Å². The molecule has 1 saturated heterocycles. The fourth-order valence-corrected chi connectivity index (χ4v) is 4.88. The molecule has 4 rings (SSSR count). The van der Waals surface area contributed by atoms with Crippen LogP contribution in [0.3, 0.4) is 0 Å². The van der Waals surface area contributed by atoms with Gasteiger partial charge in [0.05, 0.1) is 29.5 Å². The summed E-state index contributed by atoms with van der Waals surface area (Å²) in [5.41, 5.74) is 6.79. The molecule has 0 aliphatic carbocycles. The van der Waals surface area contributed by atoms with Crippen LogP contribution >= 0.6 is 11.3 Å². The van der Waals surface area contributed by atoms with E-state index in [0.717, 1.165) is 16.3 Å². The summed E-state index contributed by atoms with van der Waals surface area (Å²) >= 11 is 1.60. The molecule has 3 aromatic heterocycles. The van der Waals surface area contributed by atoms with E-state index in [1.54, 1.807) is 23.5 Å². The SMILES string of the molecule is CC(C)c1csc(CCc2ccn3c(=O)c(/C=C(\F)C(=O)O)c(N4CCOCC4C(N)=O)nc3c2)n1. The van der Waals surface area contributed by atoms with E-state index in [9.17, 15) is 18.8 Å². The van der Waals surface area contributed by atoms with Crippen molar-refractivity contribution >= 4 is 40.8 Å². The molecule has 4 heterocycles. The molecule has 0 spiro atoms. The summed E-state index contributed by atoms with van der Waals surface area (Å²) in [6.07, 6.45) is 3.51. The van der Waals surface area contributed by atoms with Crippen LogP contribution in [0.4, 0.5) is 10.2 Å². The number of carboxylic acid groups (broad SMARTS) is 1. The fraction of sp³-hybridized carbons (Fsp3) is 0.375. The standard InChI is InChI=1S/C24H26FN5O5S/c1-13(2)17-12-36-20(27-17)4-3-14-5-6-30-19(9-14)28-22(15(23(30)32)10-16(25)24(33)34)29-7-8-35-11-18(29)21(26)31/h5-6,9-10,12-13,18H,3-4,7-8,11H2,1-2H3,(H2,26,31)(H,33,34)/b16-10-. The molecule has 12 heteroatoms. The Morgan fingerprint density at radius 3 is 2.81 bits per heavy atom. The number of nitrogens with zero attached hydrogens (tertiary/aromatic N) is 4. The van der Waals surface area contributed by atoms with Gasteiger partial charge in [-0.1, -0.05) is 13.8 Å². The fourth-order valence-electron chi connectivity index (χ4n) is 3.92. The Labute approximate surface area is 209 Å². The van der Waals surface area contributed by atoms with Crippen molar-refractivity contribution in [3.8, 4) is 0 Å².